The number of carbonyl (C=O) groups is 1. The zero-order valence-corrected chi connectivity index (χ0v) is 12.6. The van der Waals surface area contributed by atoms with Gasteiger partial charge in [-0.25, -0.2) is 4.79 Å². The smallest absolute Gasteiger partial charge is 0.339 e. The van der Waals surface area contributed by atoms with E-state index in [1.165, 1.54) is 7.11 Å². The monoisotopic (exact) mass is 282 g/mol. The molecule has 0 spiro atoms. The Kier molecular flexibility index (Phi) is 6.73. The normalized spacial score (nSPS) is 10.7. The Hall–Kier alpha value is -1.20. The molecule has 106 valence electrons. The standard InChI is InChI=1S/C14H22N2O2S/c1-4-16(5-2)9-10-19-13-11(14(17)18-3)7-6-8-12(13)15/h6-8H,4-5,9-10,15H2,1-3H3. The number of carbonyl (C=O) groups excluding carboxylic acids is 1. The lowest BCUT2D eigenvalue weighted by molar-refractivity contribution is 0.0597. The summed E-state index contributed by atoms with van der Waals surface area (Å²) in [6.07, 6.45) is 0. The van der Waals surface area contributed by atoms with Gasteiger partial charge in [-0.05, 0) is 25.2 Å². The molecule has 0 atom stereocenters. The van der Waals surface area contributed by atoms with Crippen LogP contribution in [-0.2, 0) is 4.74 Å². The van der Waals surface area contributed by atoms with Crippen LogP contribution in [0.4, 0.5) is 5.69 Å². The average molecular weight is 282 g/mol. The van der Waals surface area contributed by atoms with Crippen LogP contribution in [0, 0.1) is 0 Å². The number of thioether (sulfide) groups is 1. The molecule has 0 aliphatic heterocycles. The number of methoxy groups -OCH3 is 1. The summed E-state index contributed by atoms with van der Waals surface area (Å²) in [7, 11) is 1.38. The Labute approximate surface area is 119 Å². The lowest BCUT2D eigenvalue weighted by atomic mass is 10.2. The van der Waals surface area contributed by atoms with Gasteiger partial charge in [0.2, 0.25) is 0 Å². The molecular formula is C14H22N2O2S. The quantitative estimate of drug-likeness (QED) is 0.473. The van der Waals surface area contributed by atoms with Crippen molar-refractivity contribution in [2.24, 2.45) is 0 Å². The first kappa shape index (κ1) is 15.9. The van der Waals surface area contributed by atoms with E-state index in [-0.39, 0.29) is 5.97 Å². The average Bonchev–Trinajstić information content (AvgIpc) is 2.44. The maximum atomic E-state index is 11.7. The van der Waals surface area contributed by atoms with Gasteiger partial charge in [0.1, 0.15) is 0 Å². The minimum absolute atomic E-state index is 0.336. The van der Waals surface area contributed by atoms with Crippen LogP contribution in [0.25, 0.3) is 0 Å². The van der Waals surface area contributed by atoms with Gasteiger partial charge in [-0.3, -0.25) is 0 Å². The van der Waals surface area contributed by atoms with Crippen molar-refractivity contribution in [2.45, 2.75) is 18.7 Å². The number of nitrogen functional groups attached to an aromatic ring is 1. The molecule has 0 unspecified atom stereocenters. The van der Waals surface area contributed by atoms with Gasteiger partial charge in [-0.2, -0.15) is 0 Å². The van der Waals surface area contributed by atoms with Crippen LogP contribution in [-0.4, -0.2) is 43.4 Å². The number of hydrogen-bond acceptors (Lipinski definition) is 5. The van der Waals surface area contributed by atoms with Gasteiger partial charge in [0.25, 0.3) is 0 Å². The molecule has 0 fully saturated rings. The Morgan fingerprint density at radius 2 is 2.05 bits per heavy atom. The number of ether oxygens (including phenoxy) is 1. The number of nitrogens with two attached hydrogens (primary N) is 1. The van der Waals surface area contributed by atoms with E-state index in [9.17, 15) is 4.79 Å². The lowest BCUT2D eigenvalue weighted by Crippen LogP contribution is -2.25. The SMILES string of the molecule is CCN(CC)CCSc1c(N)cccc1C(=O)OC. The summed E-state index contributed by atoms with van der Waals surface area (Å²) in [4.78, 5) is 14.9. The third-order valence-corrected chi connectivity index (χ3v) is 4.13. The van der Waals surface area contributed by atoms with Gasteiger partial charge in [0, 0.05) is 22.9 Å². The molecule has 0 radical (unpaired) electrons. The van der Waals surface area contributed by atoms with Crippen molar-refractivity contribution in [3.05, 3.63) is 23.8 Å². The first-order valence-corrected chi connectivity index (χ1v) is 7.44. The minimum Gasteiger partial charge on any atom is -0.465 e. The summed E-state index contributed by atoms with van der Waals surface area (Å²) in [5, 5.41) is 0. The molecule has 1 aromatic rings. The van der Waals surface area contributed by atoms with E-state index in [2.05, 4.69) is 18.7 Å². The highest BCUT2D eigenvalue weighted by Gasteiger charge is 2.14. The van der Waals surface area contributed by atoms with E-state index in [1.807, 2.05) is 6.07 Å². The highest BCUT2D eigenvalue weighted by molar-refractivity contribution is 7.99. The molecule has 0 heterocycles. The van der Waals surface area contributed by atoms with Crippen LogP contribution in [0.1, 0.15) is 24.2 Å². The number of nitrogens with zero attached hydrogens (tertiary/aromatic N) is 1. The number of anilines is 1. The Balaban J connectivity index is 2.74. The molecule has 1 rings (SSSR count). The number of benzene rings is 1. The fourth-order valence-electron chi connectivity index (χ4n) is 1.80. The topological polar surface area (TPSA) is 55.6 Å². The molecule has 0 saturated heterocycles. The second-order valence-electron chi connectivity index (χ2n) is 4.09. The third-order valence-electron chi connectivity index (χ3n) is 3.00. The van der Waals surface area contributed by atoms with Crippen LogP contribution < -0.4 is 5.73 Å². The highest BCUT2D eigenvalue weighted by Crippen LogP contribution is 2.29. The van der Waals surface area contributed by atoms with Crippen molar-refractivity contribution >= 4 is 23.4 Å². The van der Waals surface area contributed by atoms with Crippen molar-refractivity contribution in [1.29, 1.82) is 0 Å². The molecule has 0 amide bonds. The molecule has 0 aromatic heterocycles. The number of rotatable bonds is 7. The van der Waals surface area contributed by atoms with E-state index in [0.29, 0.717) is 11.3 Å². The van der Waals surface area contributed by atoms with Crippen molar-refractivity contribution in [1.82, 2.24) is 4.90 Å². The van der Waals surface area contributed by atoms with Gasteiger partial charge >= 0.3 is 5.97 Å². The predicted octanol–water partition coefficient (Wildman–Crippen LogP) is 2.49. The molecule has 19 heavy (non-hydrogen) atoms. The van der Waals surface area contributed by atoms with E-state index < -0.39 is 0 Å². The molecule has 4 nitrogen and oxygen atoms in total. The Bertz CT molecular complexity index is 420. The molecule has 5 heteroatoms. The van der Waals surface area contributed by atoms with E-state index in [4.69, 9.17) is 10.5 Å². The fourth-order valence-corrected chi connectivity index (χ4v) is 2.90. The maximum absolute atomic E-state index is 11.7. The molecule has 0 saturated carbocycles. The summed E-state index contributed by atoms with van der Waals surface area (Å²) in [5.41, 5.74) is 7.13. The summed E-state index contributed by atoms with van der Waals surface area (Å²) < 4.78 is 4.78. The van der Waals surface area contributed by atoms with Crippen molar-refractivity contribution < 1.29 is 9.53 Å². The van der Waals surface area contributed by atoms with E-state index in [1.54, 1.807) is 23.9 Å². The van der Waals surface area contributed by atoms with Crippen LogP contribution in [0.3, 0.4) is 0 Å². The molecule has 0 aliphatic rings. The van der Waals surface area contributed by atoms with Gasteiger partial charge in [-0.15, -0.1) is 11.8 Å². The maximum Gasteiger partial charge on any atom is 0.339 e. The van der Waals surface area contributed by atoms with E-state index in [0.717, 1.165) is 30.3 Å². The van der Waals surface area contributed by atoms with Gasteiger partial charge < -0.3 is 15.4 Å². The molecule has 1 aromatic carbocycles. The van der Waals surface area contributed by atoms with Crippen molar-refractivity contribution in [2.75, 3.05) is 38.2 Å². The summed E-state index contributed by atoms with van der Waals surface area (Å²) in [5.74, 6) is 0.567. The molecule has 2 N–H and O–H groups in total. The Morgan fingerprint density at radius 1 is 1.37 bits per heavy atom. The second-order valence-corrected chi connectivity index (χ2v) is 5.20. The van der Waals surface area contributed by atoms with Crippen LogP contribution in [0.2, 0.25) is 0 Å². The van der Waals surface area contributed by atoms with Gasteiger partial charge in [0.15, 0.2) is 0 Å². The van der Waals surface area contributed by atoms with Gasteiger partial charge in [-0.1, -0.05) is 19.9 Å². The largest absolute Gasteiger partial charge is 0.465 e. The fraction of sp³-hybridized carbons (Fsp3) is 0.500. The zero-order chi connectivity index (χ0) is 14.3. The number of hydrogen-bond donors (Lipinski definition) is 1. The summed E-state index contributed by atoms with van der Waals surface area (Å²) in [6.45, 7) is 7.33. The molecular weight excluding hydrogens is 260 g/mol. The van der Waals surface area contributed by atoms with Crippen LogP contribution in [0.15, 0.2) is 23.1 Å². The molecule has 0 bridgehead atoms. The van der Waals surface area contributed by atoms with Gasteiger partial charge in [0.05, 0.1) is 12.7 Å². The first-order chi connectivity index (χ1) is 9.13. The lowest BCUT2D eigenvalue weighted by Gasteiger charge is -2.18. The minimum atomic E-state index is -0.336. The number of esters is 1. The van der Waals surface area contributed by atoms with Crippen LogP contribution in [0.5, 0.6) is 0 Å². The summed E-state index contributed by atoms with van der Waals surface area (Å²) in [6, 6.07) is 5.34. The van der Waals surface area contributed by atoms with E-state index >= 15 is 0 Å². The molecule has 0 aliphatic carbocycles. The van der Waals surface area contributed by atoms with Crippen molar-refractivity contribution in [3.63, 3.8) is 0 Å². The third kappa shape index (κ3) is 4.44. The van der Waals surface area contributed by atoms with Crippen molar-refractivity contribution in [3.8, 4) is 0 Å². The van der Waals surface area contributed by atoms with Crippen LogP contribution >= 0.6 is 11.8 Å². The first-order valence-electron chi connectivity index (χ1n) is 6.45. The predicted molar refractivity (Wildman–Crippen MR) is 80.7 cm³/mol. The summed E-state index contributed by atoms with van der Waals surface area (Å²) >= 11 is 1.61. The highest BCUT2D eigenvalue weighted by atomic mass is 32.2. The second kappa shape index (κ2) is 8.07. The Morgan fingerprint density at radius 3 is 2.63 bits per heavy atom. The zero-order valence-electron chi connectivity index (χ0n) is 11.8.